The van der Waals surface area contributed by atoms with Gasteiger partial charge in [0.15, 0.2) is 0 Å². The number of H-pyrrole nitrogens is 1. The van der Waals surface area contributed by atoms with Gasteiger partial charge in [-0.15, -0.1) is 0 Å². The Morgan fingerprint density at radius 2 is 1.70 bits per heavy atom. The molecular weight excluding hydrogens is 460 g/mol. The van der Waals surface area contributed by atoms with E-state index in [4.69, 9.17) is 9.72 Å². The highest BCUT2D eigenvalue weighted by atomic mass is 16.5. The van der Waals surface area contributed by atoms with Crippen molar-refractivity contribution in [2.45, 2.75) is 25.4 Å². The topological polar surface area (TPSA) is 71.4 Å². The van der Waals surface area contributed by atoms with Crippen LogP contribution in [0.1, 0.15) is 28.9 Å². The molecule has 37 heavy (non-hydrogen) atoms. The highest BCUT2D eigenvalue weighted by Gasteiger charge is 2.25. The summed E-state index contributed by atoms with van der Waals surface area (Å²) in [6.45, 7) is 3.12. The molecule has 0 aliphatic carbocycles. The highest BCUT2D eigenvalue weighted by Crippen LogP contribution is 2.36. The maximum absolute atomic E-state index is 13.5. The van der Waals surface area contributed by atoms with Crippen LogP contribution in [0.15, 0.2) is 84.9 Å². The second kappa shape index (κ2) is 10.1. The van der Waals surface area contributed by atoms with E-state index >= 15 is 0 Å². The molecule has 6 nitrogen and oxygen atoms in total. The van der Waals surface area contributed by atoms with E-state index in [-0.39, 0.29) is 11.9 Å². The molecule has 3 aromatic carbocycles. The first-order chi connectivity index (χ1) is 18.2. The molecule has 1 aliphatic heterocycles. The number of hydrogen-bond donors (Lipinski definition) is 3. The minimum atomic E-state index is -0.125. The third kappa shape index (κ3) is 4.68. The van der Waals surface area contributed by atoms with Crippen LogP contribution in [0, 0.1) is 0 Å². The number of hydrogen-bond acceptors (Lipinski definition) is 3. The first-order valence-electron chi connectivity index (χ1n) is 12.9. The summed E-state index contributed by atoms with van der Waals surface area (Å²) in [5, 5.41) is 5.33. The summed E-state index contributed by atoms with van der Waals surface area (Å²) < 4.78 is 5.64. The molecule has 0 bridgehead atoms. The molecule has 186 valence electrons. The first kappa shape index (κ1) is 23.3. The van der Waals surface area contributed by atoms with Crippen molar-refractivity contribution in [2.75, 3.05) is 20.2 Å². The van der Waals surface area contributed by atoms with E-state index in [1.54, 1.807) is 12.0 Å². The zero-order valence-corrected chi connectivity index (χ0v) is 21.0. The summed E-state index contributed by atoms with van der Waals surface area (Å²) in [6.07, 6.45) is 1.92. The SMILES string of the molecule is COc1ccccc1-c1nc(C(=O)NC2CC[NH+](Cc3ccccc3)CC2)cc2c1[nH]c1ccccc12. The quantitative estimate of drug-likeness (QED) is 0.330. The Bertz CT molecular complexity index is 1550. The van der Waals surface area contributed by atoms with Crippen molar-refractivity contribution in [2.24, 2.45) is 0 Å². The lowest BCUT2D eigenvalue weighted by atomic mass is 10.0. The number of nitrogens with zero attached hydrogens (tertiary/aromatic N) is 1. The number of rotatable bonds is 6. The molecule has 0 atom stereocenters. The number of amides is 1. The van der Waals surface area contributed by atoms with Gasteiger partial charge in [-0.05, 0) is 24.3 Å². The summed E-state index contributed by atoms with van der Waals surface area (Å²) in [5.41, 5.74) is 5.28. The molecule has 0 radical (unpaired) electrons. The summed E-state index contributed by atoms with van der Waals surface area (Å²) >= 11 is 0. The fourth-order valence-corrected chi connectivity index (χ4v) is 5.49. The molecule has 1 amide bonds. The average Bonchev–Trinajstić information content (AvgIpc) is 3.33. The molecule has 0 saturated carbocycles. The Morgan fingerprint density at radius 1 is 0.973 bits per heavy atom. The zero-order chi connectivity index (χ0) is 25.2. The van der Waals surface area contributed by atoms with Crippen molar-refractivity contribution in [1.82, 2.24) is 15.3 Å². The summed E-state index contributed by atoms with van der Waals surface area (Å²) in [4.78, 5) is 23.5. The average molecular weight is 492 g/mol. The van der Waals surface area contributed by atoms with Crippen LogP contribution in [-0.2, 0) is 6.54 Å². The van der Waals surface area contributed by atoms with Gasteiger partial charge in [0, 0.05) is 46.3 Å². The van der Waals surface area contributed by atoms with Crippen LogP contribution in [0.5, 0.6) is 5.75 Å². The van der Waals surface area contributed by atoms with E-state index in [2.05, 4.69) is 46.7 Å². The van der Waals surface area contributed by atoms with Gasteiger partial charge in [0.25, 0.3) is 5.91 Å². The number of quaternary nitrogens is 1. The van der Waals surface area contributed by atoms with E-state index < -0.39 is 0 Å². The number of ether oxygens (including phenoxy) is 1. The molecular formula is C31H31N4O2+. The number of benzene rings is 3. The van der Waals surface area contributed by atoms with Crippen LogP contribution in [0.25, 0.3) is 33.1 Å². The number of carbonyl (C=O) groups excluding carboxylic acids is 1. The molecule has 6 heteroatoms. The number of pyridine rings is 1. The van der Waals surface area contributed by atoms with Crippen molar-refractivity contribution in [3.63, 3.8) is 0 Å². The van der Waals surface area contributed by atoms with Crippen LogP contribution < -0.4 is 15.0 Å². The number of likely N-dealkylation sites (tertiary alicyclic amines) is 1. The Labute approximate surface area is 216 Å². The van der Waals surface area contributed by atoms with Crippen molar-refractivity contribution >= 4 is 27.7 Å². The van der Waals surface area contributed by atoms with E-state index in [0.29, 0.717) is 5.69 Å². The van der Waals surface area contributed by atoms with Crippen molar-refractivity contribution < 1.29 is 14.4 Å². The molecule has 0 unspecified atom stereocenters. The molecule has 1 fully saturated rings. The third-order valence-electron chi connectivity index (χ3n) is 7.42. The van der Waals surface area contributed by atoms with E-state index in [9.17, 15) is 4.79 Å². The minimum Gasteiger partial charge on any atom is -0.496 e. The van der Waals surface area contributed by atoms with Crippen LogP contribution in [0.2, 0.25) is 0 Å². The molecule has 5 aromatic rings. The van der Waals surface area contributed by atoms with Crippen LogP contribution in [-0.4, -0.2) is 42.1 Å². The second-order valence-electron chi connectivity index (χ2n) is 9.81. The zero-order valence-electron chi connectivity index (χ0n) is 21.0. The summed E-state index contributed by atoms with van der Waals surface area (Å²) in [7, 11) is 1.66. The van der Waals surface area contributed by atoms with Crippen LogP contribution in [0.3, 0.4) is 0 Å². The summed E-state index contributed by atoms with van der Waals surface area (Å²) in [6, 6.07) is 28.7. The number of fused-ring (bicyclic) bond motifs is 3. The number of nitrogens with one attached hydrogen (secondary N) is 3. The van der Waals surface area contributed by atoms with Gasteiger partial charge in [0.1, 0.15) is 18.0 Å². The molecule has 1 saturated heterocycles. The van der Waals surface area contributed by atoms with Gasteiger partial charge in [-0.2, -0.15) is 0 Å². The normalized spacial score (nSPS) is 17.6. The maximum Gasteiger partial charge on any atom is 0.270 e. The van der Waals surface area contributed by atoms with E-state index in [1.807, 2.05) is 48.5 Å². The van der Waals surface area contributed by atoms with Crippen molar-refractivity contribution in [3.8, 4) is 17.0 Å². The van der Waals surface area contributed by atoms with E-state index in [1.165, 1.54) is 5.56 Å². The van der Waals surface area contributed by atoms with E-state index in [0.717, 1.165) is 71.3 Å². The Kier molecular flexibility index (Phi) is 6.33. The lowest BCUT2D eigenvalue weighted by molar-refractivity contribution is -0.918. The molecule has 0 spiro atoms. The van der Waals surface area contributed by atoms with Crippen molar-refractivity contribution in [3.05, 3.63) is 96.2 Å². The van der Waals surface area contributed by atoms with Crippen LogP contribution in [0.4, 0.5) is 0 Å². The Hall–Kier alpha value is -4.16. The minimum absolute atomic E-state index is 0.125. The number of piperidine rings is 1. The molecule has 2 aromatic heterocycles. The largest absolute Gasteiger partial charge is 0.496 e. The smallest absolute Gasteiger partial charge is 0.270 e. The fraction of sp³-hybridized carbons (Fsp3) is 0.226. The van der Waals surface area contributed by atoms with Gasteiger partial charge in [0.2, 0.25) is 0 Å². The third-order valence-corrected chi connectivity index (χ3v) is 7.42. The number of aromatic nitrogens is 2. The Morgan fingerprint density at radius 3 is 2.51 bits per heavy atom. The lowest BCUT2D eigenvalue weighted by Crippen LogP contribution is -3.12. The van der Waals surface area contributed by atoms with Gasteiger partial charge in [0.05, 0.1) is 31.4 Å². The Balaban J connectivity index is 1.28. The standard InChI is InChI=1S/C31H30N4O2/c1-37-28-14-8-6-12-24(28)29-30-25(23-11-5-7-13-26(23)33-30)19-27(34-29)31(36)32-22-15-17-35(18-16-22)20-21-9-3-2-4-10-21/h2-14,19,22,33H,15-18,20H2,1H3,(H,32,36)/p+1. The van der Waals surface area contributed by atoms with Gasteiger partial charge < -0.3 is 19.9 Å². The molecule has 3 heterocycles. The maximum atomic E-state index is 13.5. The first-order valence-corrected chi connectivity index (χ1v) is 12.9. The van der Waals surface area contributed by atoms with Crippen LogP contribution >= 0.6 is 0 Å². The lowest BCUT2D eigenvalue weighted by Gasteiger charge is -2.29. The molecule has 6 rings (SSSR count). The van der Waals surface area contributed by atoms with Gasteiger partial charge in [-0.3, -0.25) is 4.79 Å². The van der Waals surface area contributed by atoms with Gasteiger partial charge in [-0.1, -0.05) is 60.7 Å². The molecule has 1 aliphatic rings. The molecule has 3 N–H and O–H groups in total. The second-order valence-corrected chi connectivity index (χ2v) is 9.81. The van der Waals surface area contributed by atoms with Crippen molar-refractivity contribution in [1.29, 1.82) is 0 Å². The number of methoxy groups -OCH3 is 1. The van der Waals surface area contributed by atoms with Gasteiger partial charge in [-0.25, -0.2) is 4.98 Å². The number of para-hydroxylation sites is 2. The fourth-order valence-electron chi connectivity index (χ4n) is 5.49. The highest BCUT2D eigenvalue weighted by molar-refractivity contribution is 6.13. The number of aromatic amines is 1. The number of carbonyl (C=O) groups is 1. The summed E-state index contributed by atoms with van der Waals surface area (Å²) in [5.74, 6) is 0.598. The predicted octanol–water partition coefficient (Wildman–Crippen LogP) is 4.37. The van der Waals surface area contributed by atoms with Gasteiger partial charge >= 0.3 is 0 Å². The monoisotopic (exact) mass is 491 g/mol. The predicted molar refractivity (Wildman–Crippen MR) is 147 cm³/mol.